The van der Waals surface area contributed by atoms with E-state index in [1.165, 1.54) is 4.31 Å². The Morgan fingerprint density at radius 2 is 2.05 bits per heavy atom. The van der Waals surface area contributed by atoms with E-state index < -0.39 is 10.0 Å². The van der Waals surface area contributed by atoms with Crippen molar-refractivity contribution in [2.24, 2.45) is 0 Å². The normalized spacial score (nSPS) is 19.6. The Bertz CT molecular complexity index is 527. The van der Waals surface area contributed by atoms with Gasteiger partial charge in [-0.2, -0.15) is 4.31 Å². The van der Waals surface area contributed by atoms with Crippen molar-refractivity contribution in [3.63, 3.8) is 0 Å². The van der Waals surface area contributed by atoms with E-state index >= 15 is 0 Å². The summed E-state index contributed by atoms with van der Waals surface area (Å²) in [4.78, 5) is 0.257. The summed E-state index contributed by atoms with van der Waals surface area (Å²) in [7, 11) is -3.55. The molecule has 1 aromatic carbocycles. The summed E-state index contributed by atoms with van der Waals surface area (Å²) in [6.07, 6.45) is 2.04. The van der Waals surface area contributed by atoms with Gasteiger partial charge in [0.25, 0.3) is 0 Å². The van der Waals surface area contributed by atoms with E-state index in [0.29, 0.717) is 6.54 Å². The van der Waals surface area contributed by atoms with Crippen LogP contribution in [0.5, 0.6) is 0 Å². The van der Waals surface area contributed by atoms with Gasteiger partial charge >= 0.3 is 0 Å². The second kappa shape index (κ2) is 7.00. The van der Waals surface area contributed by atoms with Crippen molar-refractivity contribution >= 4 is 26.0 Å². The van der Waals surface area contributed by atoms with Gasteiger partial charge in [0.2, 0.25) is 10.0 Å². The zero-order valence-corrected chi connectivity index (χ0v) is 13.5. The van der Waals surface area contributed by atoms with Gasteiger partial charge in [-0.25, -0.2) is 8.42 Å². The monoisotopic (exact) mass is 362 g/mol. The van der Waals surface area contributed by atoms with E-state index in [-0.39, 0.29) is 24.1 Å². The van der Waals surface area contributed by atoms with Crippen LogP contribution in [0.15, 0.2) is 33.6 Å². The van der Waals surface area contributed by atoms with Gasteiger partial charge in [0, 0.05) is 23.6 Å². The van der Waals surface area contributed by atoms with Gasteiger partial charge < -0.3 is 10.4 Å². The van der Waals surface area contributed by atoms with Gasteiger partial charge in [0.05, 0.1) is 11.5 Å². The molecule has 112 valence electrons. The first-order chi connectivity index (χ1) is 9.54. The molecule has 0 bridgehead atoms. The van der Waals surface area contributed by atoms with Crippen LogP contribution < -0.4 is 5.32 Å². The lowest BCUT2D eigenvalue weighted by Gasteiger charge is -2.24. The summed E-state index contributed by atoms with van der Waals surface area (Å²) in [5, 5.41) is 12.4. The predicted octanol–water partition coefficient (Wildman–Crippen LogP) is 1.18. The second-order valence-electron chi connectivity index (χ2n) is 4.83. The fraction of sp³-hybridized carbons (Fsp3) is 0.538. The van der Waals surface area contributed by atoms with E-state index in [1.807, 2.05) is 0 Å². The Kier molecular flexibility index (Phi) is 5.57. The quantitative estimate of drug-likeness (QED) is 0.797. The number of rotatable bonds is 6. The molecule has 5 nitrogen and oxygen atoms in total. The van der Waals surface area contributed by atoms with E-state index in [1.54, 1.807) is 24.3 Å². The first-order valence-corrected chi connectivity index (χ1v) is 8.87. The number of aliphatic hydroxyl groups is 1. The number of halogens is 1. The van der Waals surface area contributed by atoms with Crippen molar-refractivity contribution in [1.29, 1.82) is 0 Å². The number of hydrogen-bond donors (Lipinski definition) is 2. The molecule has 2 rings (SSSR count). The summed E-state index contributed by atoms with van der Waals surface area (Å²) < 4.78 is 27.4. The molecule has 0 aliphatic carbocycles. The molecule has 0 radical (unpaired) electrons. The Labute approximate surface area is 128 Å². The highest BCUT2D eigenvalue weighted by Gasteiger charge is 2.27. The highest BCUT2D eigenvalue weighted by molar-refractivity contribution is 9.10. The minimum Gasteiger partial charge on any atom is -0.395 e. The van der Waals surface area contributed by atoms with Gasteiger partial charge in [0.1, 0.15) is 0 Å². The maximum atomic E-state index is 12.6. The molecule has 1 aliphatic rings. The molecule has 2 N–H and O–H groups in total. The summed E-state index contributed by atoms with van der Waals surface area (Å²) in [6.45, 7) is 1.27. The fourth-order valence-corrected chi connectivity index (χ4v) is 4.08. The molecule has 1 fully saturated rings. The van der Waals surface area contributed by atoms with Crippen molar-refractivity contribution in [3.05, 3.63) is 28.7 Å². The number of nitrogens with one attached hydrogen (secondary N) is 1. The number of benzene rings is 1. The first-order valence-electron chi connectivity index (χ1n) is 6.64. The Hall–Kier alpha value is -0.470. The maximum absolute atomic E-state index is 12.6. The molecule has 1 heterocycles. The number of hydrogen-bond acceptors (Lipinski definition) is 4. The van der Waals surface area contributed by atoms with Gasteiger partial charge in [-0.15, -0.1) is 0 Å². The molecule has 1 aliphatic heterocycles. The molecular formula is C13H19BrN2O3S. The molecular weight excluding hydrogens is 344 g/mol. The number of nitrogens with zero attached hydrogens (tertiary/aromatic N) is 1. The van der Waals surface area contributed by atoms with E-state index in [4.69, 9.17) is 5.11 Å². The molecule has 0 amide bonds. The molecule has 0 aromatic heterocycles. The molecule has 1 atom stereocenters. The van der Waals surface area contributed by atoms with Gasteiger partial charge in [0.15, 0.2) is 0 Å². The van der Waals surface area contributed by atoms with Crippen LogP contribution in [0, 0.1) is 0 Å². The molecule has 1 unspecified atom stereocenters. The van der Waals surface area contributed by atoms with Crippen LogP contribution in [0.2, 0.25) is 0 Å². The summed E-state index contributed by atoms with van der Waals surface area (Å²) in [6, 6.07) is 6.74. The zero-order valence-electron chi connectivity index (χ0n) is 11.1. The van der Waals surface area contributed by atoms with Crippen molar-refractivity contribution in [3.8, 4) is 0 Å². The third kappa shape index (κ3) is 3.79. The van der Waals surface area contributed by atoms with Crippen LogP contribution in [-0.2, 0) is 10.0 Å². The lowest BCUT2D eigenvalue weighted by atomic mass is 10.2. The Morgan fingerprint density at radius 3 is 2.60 bits per heavy atom. The van der Waals surface area contributed by atoms with Crippen LogP contribution in [0.3, 0.4) is 0 Å². The summed E-state index contributed by atoms with van der Waals surface area (Å²) in [5.41, 5.74) is 0. The molecule has 1 aromatic rings. The molecule has 0 spiro atoms. The second-order valence-corrected chi connectivity index (χ2v) is 7.69. The highest BCUT2D eigenvalue weighted by atomic mass is 79.9. The lowest BCUT2D eigenvalue weighted by Crippen LogP contribution is -2.42. The standard InChI is InChI=1S/C13H19BrN2O3S/c14-11-3-5-13(6-4-11)20(18,19)16(8-9-17)10-12-2-1-7-15-12/h3-6,12,15,17H,1-2,7-10H2. The van der Waals surface area contributed by atoms with Crippen molar-refractivity contribution in [1.82, 2.24) is 9.62 Å². The van der Waals surface area contributed by atoms with Crippen LogP contribution in [0.4, 0.5) is 0 Å². The minimum absolute atomic E-state index is 0.122. The fourth-order valence-electron chi connectivity index (χ4n) is 2.34. The SMILES string of the molecule is O=S(=O)(c1ccc(Br)cc1)N(CCO)CC1CCCN1. The molecule has 0 saturated carbocycles. The van der Waals surface area contributed by atoms with Crippen molar-refractivity contribution in [2.45, 2.75) is 23.8 Å². The third-order valence-electron chi connectivity index (χ3n) is 3.39. The molecule has 7 heteroatoms. The average Bonchev–Trinajstić information content (AvgIpc) is 2.92. The zero-order chi connectivity index (χ0) is 14.6. The molecule has 20 heavy (non-hydrogen) atoms. The largest absolute Gasteiger partial charge is 0.395 e. The minimum atomic E-state index is -3.55. The third-order valence-corrected chi connectivity index (χ3v) is 5.80. The Balaban J connectivity index is 2.19. The van der Waals surface area contributed by atoms with Crippen LogP contribution in [-0.4, -0.2) is 50.1 Å². The van der Waals surface area contributed by atoms with Crippen molar-refractivity contribution < 1.29 is 13.5 Å². The van der Waals surface area contributed by atoms with Gasteiger partial charge in [-0.1, -0.05) is 15.9 Å². The highest BCUT2D eigenvalue weighted by Crippen LogP contribution is 2.20. The van der Waals surface area contributed by atoms with E-state index in [0.717, 1.165) is 23.9 Å². The van der Waals surface area contributed by atoms with Crippen LogP contribution in [0.25, 0.3) is 0 Å². The summed E-state index contributed by atoms with van der Waals surface area (Å²) in [5.74, 6) is 0. The maximum Gasteiger partial charge on any atom is 0.243 e. The van der Waals surface area contributed by atoms with Gasteiger partial charge in [-0.05, 0) is 43.7 Å². The van der Waals surface area contributed by atoms with Crippen molar-refractivity contribution in [2.75, 3.05) is 26.2 Å². The number of sulfonamides is 1. The topological polar surface area (TPSA) is 69.6 Å². The van der Waals surface area contributed by atoms with Crippen LogP contribution in [0.1, 0.15) is 12.8 Å². The smallest absolute Gasteiger partial charge is 0.243 e. The summed E-state index contributed by atoms with van der Waals surface area (Å²) >= 11 is 3.29. The first kappa shape index (κ1) is 15.9. The lowest BCUT2D eigenvalue weighted by molar-refractivity contribution is 0.246. The van der Waals surface area contributed by atoms with Crippen LogP contribution >= 0.6 is 15.9 Å². The Morgan fingerprint density at radius 1 is 1.35 bits per heavy atom. The molecule has 1 saturated heterocycles. The average molecular weight is 363 g/mol. The van der Waals surface area contributed by atoms with E-state index in [9.17, 15) is 8.42 Å². The van der Waals surface area contributed by atoms with Gasteiger partial charge in [-0.3, -0.25) is 0 Å². The van der Waals surface area contributed by atoms with E-state index in [2.05, 4.69) is 21.2 Å². The predicted molar refractivity (Wildman–Crippen MR) is 81.0 cm³/mol. The number of aliphatic hydroxyl groups excluding tert-OH is 1.